The second kappa shape index (κ2) is 8.17. The van der Waals surface area contributed by atoms with E-state index in [0.717, 1.165) is 43.0 Å². The molecule has 1 atom stereocenters. The fourth-order valence-corrected chi connectivity index (χ4v) is 3.87. The Morgan fingerprint density at radius 3 is 2.70 bits per heavy atom. The zero-order valence-electron chi connectivity index (χ0n) is 15.3. The van der Waals surface area contributed by atoms with Gasteiger partial charge in [-0.1, -0.05) is 30.3 Å². The molecule has 1 unspecified atom stereocenters. The molecule has 0 bridgehead atoms. The summed E-state index contributed by atoms with van der Waals surface area (Å²) in [7, 11) is 0. The maximum absolute atomic E-state index is 14.0. The van der Waals surface area contributed by atoms with Gasteiger partial charge in [-0.3, -0.25) is 9.80 Å². The molecule has 5 nitrogen and oxygen atoms in total. The minimum atomic E-state index is -0.162. The van der Waals surface area contributed by atoms with Crippen molar-refractivity contribution in [3.8, 4) is 0 Å². The van der Waals surface area contributed by atoms with E-state index in [4.69, 9.17) is 0 Å². The Kier molecular flexibility index (Phi) is 5.48. The molecule has 27 heavy (non-hydrogen) atoms. The first-order valence-electron chi connectivity index (χ1n) is 9.47. The quantitative estimate of drug-likeness (QED) is 0.703. The number of piperazine rings is 1. The van der Waals surface area contributed by atoms with Crippen molar-refractivity contribution < 1.29 is 9.50 Å². The predicted molar refractivity (Wildman–Crippen MR) is 104 cm³/mol. The lowest BCUT2D eigenvalue weighted by atomic mass is 10.1. The number of aliphatic hydroxyl groups is 1. The number of aromatic amines is 1. The van der Waals surface area contributed by atoms with Gasteiger partial charge in [0.25, 0.3) is 0 Å². The van der Waals surface area contributed by atoms with E-state index in [9.17, 15) is 9.50 Å². The van der Waals surface area contributed by atoms with Gasteiger partial charge in [-0.15, -0.1) is 0 Å². The van der Waals surface area contributed by atoms with Gasteiger partial charge in [0.1, 0.15) is 11.6 Å². The van der Waals surface area contributed by atoms with E-state index in [2.05, 4.69) is 19.8 Å². The second-order valence-corrected chi connectivity index (χ2v) is 7.16. The molecular formula is C21H25FN4O. The number of nitrogens with zero attached hydrogens (tertiary/aromatic N) is 3. The van der Waals surface area contributed by atoms with Crippen LogP contribution in [0.2, 0.25) is 0 Å². The topological polar surface area (TPSA) is 55.4 Å². The standard InChI is InChI=1S/C21H25FN4O/c22-18-6-2-1-5-16(18)13-26-11-10-25(14-17(26)9-12-27)15-21-23-19-7-3-4-8-20(19)24-21/h1-8,17,27H,9-15H2,(H,23,24). The largest absolute Gasteiger partial charge is 0.396 e. The number of fused-ring (bicyclic) bond motifs is 1. The van der Waals surface area contributed by atoms with Crippen molar-refractivity contribution in [2.75, 3.05) is 26.2 Å². The van der Waals surface area contributed by atoms with Crippen LogP contribution >= 0.6 is 0 Å². The van der Waals surface area contributed by atoms with Gasteiger partial charge in [-0.05, 0) is 24.6 Å². The molecule has 142 valence electrons. The third-order valence-electron chi connectivity index (χ3n) is 5.29. The summed E-state index contributed by atoms with van der Waals surface area (Å²) < 4.78 is 14.0. The van der Waals surface area contributed by atoms with Crippen molar-refractivity contribution in [2.24, 2.45) is 0 Å². The maximum atomic E-state index is 14.0. The molecule has 2 N–H and O–H groups in total. The van der Waals surface area contributed by atoms with Gasteiger partial charge in [-0.2, -0.15) is 0 Å². The normalized spacial score (nSPS) is 19.0. The van der Waals surface area contributed by atoms with Crippen LogP contribution in [0.15, 0.2) is 48.5 Å². The summed E-state index contributed by atoms with van der Waals surface area (Å²) in [6.45, 7) is 4.05. The van der Waals surface area contributed by atoms with Crippen molar-refractivity contribution in [1.29, 1.82) is 0 Å². The predicted octanol–water partition coefficient (Wildman–Crippen LogP) is 2.77. The van der Waals surface area contributed by atoms with E-state index in [1.807, 2.05) is 36.4 Å². The first-order chi connectivity index (χ1) is 13.2. The average molecular weight is 368 g/mol. The Labute approximate surface area is 158 Å². The lowest BCUT2D eigenvalue weighted by Crippen LogP contribution is -2.52. The number of rotatable bonds is 6. The molecule has 2 heterocycles. The minimum absolute atomic E-state index is 0.136. The van der Waals surface area contributed by atoms with Crippen molar-refractivity contribution in [3.63, 3.8) is 0 Å². The van der Waals surface area contributed by atoms with Crippen LogP contribution in [-0.2, 0) is 13.1 Å². The molecule has 4 rings (SSSR count). The first kappa shape index (κ1) is 18.1. The zero-order valence-corrected chi connectivity index (χ0v) is 15.3. The van der Waals surface area contributed by atoms with Crippen LogP contribution in [0.25, 0.3) is 11.0 Å². The van der Waals surface area contributed by atoms with Crippen molar-refractivity contribution >= 4 is 11.0 Å². The summed E-state index contributed by atoms with van der Waals surface area (Å²) in [6.07, 6.45) is 0.686. The molecule has 1 aromatic heterocycles. The van der Waals surface area contributed by atoms with Gasteiger partial charge in [-0.25, -0.2) is 9.37 Å². The van der Waals surface area contributed by atoms with Crippen LogP contribution in [0.1, 0.15) is 17.8 Å². The number of hydrogen-bond acceptors (Lipinski definition) is 4. The molecule has 0 saturated carbocycles. The second-order valence-electron chi connectivity index (χ2n) is 7.16. The van der Waals surface area contributed by atoms with Gasteiger partial charge < -0.3 is 10.1 Å². The summed E-state index contributed by atoms with van der Waals surface area (Å²) in [4.78, 5) is 12.7. The van der Waals surface area contributed by atoms with Crippen molar-refractivity contribution in [3.05, 3.63) is 65.7 Å². The molecule has 0 radical (unpaired) electrons. The molecule has 0 spiro atoms. The third kappa shape index (κ3) is 4.18. The number of imidazole rings is 1. The molecule has 1 aliphatic rings. The van der Waals surface area contributed by atoms with E-state index in [1.165, 1.54) is 6.07 Å². The Balaban J connectivity index is 1.43. The number of benzene rings is 2. The van der Waals surface area contributed by atoms with E-state index < -0.39 is 0 Å². The number of nitrogens with one attached hydrogen (secondary N) is 1. The highest BCUT2D eigenvalue weighted by atomic mass is 19.1. The minimum Gasteiger partial charge on any atom is -0.396 e. The van der Waals surface area contributed by atoms with Crippen molar-refractivity contribution in [2.45, 2.75) is 25.6 Å². The number of H-pyrrole nitrogens is 1. The maximum Gasteiger partial charge on any atom is 0.127 e. The van der Waals surface area contributed by atoms with Gasteiger partial charge in [0.2, 0.25) is 0 Å². The van der Waals surface area contributed by atoms with Gasteiger partial charge >= 0.3 is 0 Å². The number of para-hydroxylation sites is 2. The average Bonchev–Trinajstić information content (AvgIpc) is 3.08. The highest BCUT2D eigenvalue weighted by molar-refractivity contribution is 5.74. The summed E-state index contributed by atoms with van der Waals surface area (Å²) in [5.74, 6) is 0.798. The number of halogens is 1. The SMILES string of the molecule is OCCC1CN(Cc2nc3ccccc3[nH]2)CCN1Cc1ccccc1F. The zero-order chi connectivity index (χ0) is 18.6. The summed E-state index contributed by atoms with van der Waals surface area (Å²) in [5.41, 5.74) is 2.75. The summed E-state index contributed by atoms with van der Waals surface area (Å²) >= 11 is 0. The number of hydrogen-bond donors (Lipinski definition) is 2. The van der Waals surface area contributed by atoms with E-state index >= 15 is 0 Å². The smallest absolute Gasteiger partial charge is 0.127 e. The molecule has 1 aliphatic heterocycles. The molecule has 0 amide bonds. The highest BCUT2D eigenvalue weighted by Gasteiger charge is 2.27. The van der Waals surface area contributed by atoms with Crippen molar-refractivity contribution in [1.82, 2.24) is 19.8 Å². The molecule has 0 aliphatic carbocycles. The first-order valence-corrected chi connectivity index (χ1v) is 9.47. The Morgan fingerprint density at radius 1 is 1.07 bits per heavy atom. The Morgan fingerprint density at radius 2 is 1.89 bits per heavy atom. The van der Waals surface area contributed by atoms with Gasteiger partial charge in [0.15, 0.2) is 0 Å². The fourth-order valence-electron chi connectivity index (χ4n) is 3.87. The molecular weight excluding hydrogens is 343 g/mol. The lowest BCUT2D eigenvalue weighted by molar-refractivity contribution is 0.0482. The molecule has 2 aromatic carbocycles. The number of aliphatic hydroxyl groups excluding tert-OH is 1. The summed E-state index contributed by atoms with van der Waals surface area (Å²) in [5, 5.41) is 9.49. The van der Waals surface area contributed by atoms with Crippen LogP contribution < -0.4 is 0 Å². The lowest BCUT2D eigenvalue weighted by Gasteiger charge is -2.41. The van der Waals surface area contributed by atoms with E-state index in [1.54, 1.807) is 6.07 Å². The third-order valence-corrected chi connectivity index (χ3v) is 5.29. The molecule has 1 saturated heterocycles. The van der Waals surface area contributed by atoms with Gasteiger partial charge in [0.05, 0.1) is 17.6 Å². The molecule has 1 fully saturated rings. The van der Waals surface area contributed by atoms with E-state index in [0.29, 0.717) is 18.5 Å². The van der Waals surface area contributed by atoms with Crippen LogP contribution in [-0.4, -0.2) is 57.2 Å². The van der Waals surface area contributed by atoms with Crippen LogP contribution in [0.5, 0.6) is 0 Å². The molecule has 6 heteroatoms. The fraction of sp³-hybridized carbons (Fsp3) is 0.381. The van der Waals surface area contributed by atoms with Crippen LogP contribution in [0, 0.1) is 5.82 Å². The monoisotopic (exact) mass is 368 g/mol. The summed E-state index contributed by atoms with van der Waals surface area (Å²) in [6, 6.07) is 15.2. The molecule has 3 aromatic rings. The number of aromatic nitrogens is 2. The van der Waals surface area contributed by atoms with Gasteiger partial charge in [0, 0.05) is 44.4 Å². The Bertz CT molecular complexity index is 864. The Hall–Kier alpha value is -2.28. The van der Waals surface area contributed by atoms with Crippen LogP contribution in [0.3, 0.4) is 0 Å². The highest BCUT2D eigenvalue weighted by Crippen LogP contribution is 2.20. The van der Waals surface area contributed by atoms with E-state index in [-0.39, 0.29) is 18.5 Å². The van der Waals surface area contributed by atoms with Crippen LogP contribution in [0.4, 0.5) is 4.39 Å².